The first-order chi connectivity index (χ1) is 8.56. The molecule has 1 heterocycles. The number of carbonyl (C=O) groups excluding carboxylic acids is 2. The molecule has 18 heavy (non-hydrogen) atoms. The normalized spacial score (nSPS) is 20.8. The van der Waals surface area contributed by atoms with Gasteiger partial charge in [-0.1, -0.05) is 6.92 Å². The third-order valence-corrected chi connectivity index (χ3v) is 3.88. The van der Waals surface area contributed by atoms with Crippen molar-refractivity contribution < 1.29 is 9.59 Å². The van der Waals surface area contributed by atoms with Crippen molar-refractivity contribution in [3.8, 4) is 0 Å². The molecule has 6 heteroatoms. The number of hydrogen-bond donors (Lipinski definition) is 2. The Morgan fingerprint density at radius 3 is 2.89 bits per heavy atom. The highest BCUT2D eigenvalue weighted by atomic mass is 32.2. The average Bonchev–Trinajstić information content (AvgIpc) is 2.77. The van der Waals surface area contributed by atoms with Gasteiger partial charge in [-0.3, -0.25) is 9.59 Å². The summed E-state index contributed by atoms with van der Waals surface area (Å²) >= 11 is 1.63. The molecular weight excluding hydrogens is 250 g/mol. The fraction of sp³-hybridized carbons (Fsp3) is 0.833. The van der Waals surface area contributed by atoms with E-state index in [0.29, 0.717) is 24.6 Å². The van der Waals surface area contributed by atoms with E-state index in [1.54, 1.807) is 16.7 Å². The van der Waals surface area contributed by atoms with Gasteiger partial charge in [-0.05, 0) is 19.8 Å². The van der Waals surface area contributed by atoms with Crippen molar-refractivity contribution in [3.05, 3.63) is 0 Å². The Kier molecular flexibility index (Phi) is 6.49. The van der Waals surface area contributed by atoms with E-state index in [0.717, 1.165) is 12.8 Å². The zero-order valence-corrected chi connectivity index (χ0v) is 12.0. The predicted octanol–water partition coefficient (Wildman–Crippen LogP) is 0.542. The minimum Gasteiger partial charge on any atom is -0.354 e. The Balaban J connectivity index is 2.43. The van der Waals surface area contributed by atoms with Crippen LogP contribution in [0.15, 0.2) is 0 Å². The van der Waals surface area contributed by atoms with E-state index >= 15 is 0 Å². The Hall–Kier alpha value is -0.750. The van der Waals surface area contributed by atoms with Crippen LogP contribution in [0.4, 0.5) is 0 Å². The average molecular weight is 273 g/mol. The molecule has 1 fully saturated rings. The van der Waals surface area contributed by atoms with E-state index in [2.05, 4.69) is 5.32 Å². The monoisotopic (exact) mass is 273 g/mol. The molecule has 2 atom stereocenters. The van der Waals surface area contributed by atoms with Crippen LogP contribution in [0.2, 0.25) is 0 Å². The van der Waals surface area contributed by atoms with Crippen LogP contribution in [-0.2, 0) is 9.59 Å². The van der Waals surface area contributed by atoms with Gasteiger partial charge in [0, 0.05) is 24.8 Å². The van der Waals surface area contributed by atoms with Crippen LogP contribution in [-0.4, -0.2) is 47.0 Å². The van der Waals surface area contributed by atoms with Crippen LogP contribution in [0.25, 0.3) is 0 Å². The van der Waals surface area contributed by atoms with Gasteiger partial charge in [-0.2, -0.15) is 0 Å². The first-order valence-corrected chi connectivity index (χ1v) is 7.62. The standard InChI is InChI=1S/C12H23N3O2S/c1-3-4-11(16)15-8-18-7-10(15)12(17)14-6-5-9(2)13/h9-10H,3-8,13H2,1-2H3,(H,14,17). The largest absolute Gasteiger partial charge is 0.354 e. The fourth-order valence-corrected chi connectivity index (χ4v) is 2.98. The Labute approximate surface area is 113 Å². The fourth-order valence-electron chi connectivity index (χ4n) is 1.80. The van der Waals surface area contributed by atoms with Crippen molar-refractivity contribution in [2.45, 2.75) is 45.2 Å². The summed E-state index contributed by atoms with van der Waals surface area (Å²) < 4.78 is 0. The van der Waals surface area contributed by atoms with E-state index in [1.807, 2.05) is 13.8 Å². The lowest BCUT2D eigenvalue weighted by Crippen LogP contribution is -2.47. The summed E-state index contributed by atoms with van der Waals surface area (Å²) in [6.45, 7) is 4.46. The molecular formula is C12H23N3O2S. The maximum absolute atomic E-state index is 12.0. The Bertz CT molecular complexity index is 297. The topological polar surface area (TPSA) is 75.4 Å². The van der Waals surface area contributed by atoms with Gasteiger partial charge < -0.3 is 16.0 Å². The lowest BCUT2D eigenvalue weighted by atomic mass is 10.2. The second-order valence-electron chi connectivity index (χ2n) is 4.69. The van der Waals surface area contributed by atoms with E-state index in [9.17, 15) is 9.59 Å². The van der Waals surface area contributed by atoms with Gasteiger partial charge in [-0.25, -0.2) is 0 Å². The number of nitrogens with two attached hydrogens (primary N) is 1. The van der Waals surface area contributed by atoms with Crippen molar-refractivity contribution in [1.82, 2.24) is 10.2 Å². The molecule has 0 aliphatic carbocycles. The van der Waals surface area contributed by atoms with Crippen molar-refractivity contribution in [2.75, 3.05) is 18.2 Å². The predicted molar refractivity (Wildman–Crippen MR) is 74.1 cm³/mol. The highest BCUT2D eigenvalue weighted by molar-refractivity contribution is 7.99. The third kappa shape index (κ3) is 4.49. The van der Waals surface area contributed by atoms with Gasteiger partial charge in [0.2, 0.25) is 11.8 Å². The Morgan fingerprint density at radius 1 is 1.56 bits per heavy atom. The van der Waals surface area contributed by atoms with Gasteiger partial charge in [-0.15, -0.1) is 11.8 Å². The van der Waals surface area contributed by atoms with Gasteiger partial charge in [0.15, 0.2) is 0 Å². The number of hydrogen-bond acceptors (Lipinski definition) is 4. The molecule has 1 aliphatic heterocycles. The molecule has 1 saturated heterocycles. The highest BCUT2D eigenvalue weighted by Gasteiger charge is 2.33. The summed E-state index contributed by atoms with van der Waals surface area (Å²) in [5.41, 5.74) is 5.63. The van der Waals surface area contributed by atoms with Crippen molar-refractivity contribution in [2.24, 2.45) is 5.73 Å². The quantitative estimate of drug-likeness (QED) is 0.741. The highest BCUT2D eigenvalue weighted by Crippen LogP contribution is 2.22. The summed E-state index contributed by atoms with van der Waals surface area (Å²) in [6.07, 6.45) is 2.09. The summed E-state index contributed by atoms with van der Waals surface area (Å²) in [7, 11) is 0. The maximum atomic E-state index is 12.0. The molecule has 0 radical (unpaired) electrons. The molecule has 0 spiro atoms. The lowest BCUT2D eigenvalue weighted by molar-refractivity contribution is -0.138. The summed E-state index contributed by atoms with van der Waals surface area (Å²) in [6, 6.07) is -0.219. The van der Waals surface area contributed by atoms with Crippen molar-refractivity contribution >= 4 is 23.6 Å². The van der Waals surface area contributed by atoms with Gasteiger partial charge in [0.05, 0.1) is 5.88 Å². The Morgan fingerprint density at radius 2 is 2.28 bits per heavy atom. The summed E-state index contributed by atoms with van der Waals surface area (Å²) in [5.74, 6) is 1.35. The molecule has 1 rings (SSSR count). The van der Waals surface area contributed by atoms with Crippen LogP contribution in [0.3, 0.4) is 0 Å². The van der Waals surface area contributed by atoms with Gasteiger partial charge >= 0.3 is 0 Å². The number of amides is 2. The molecule has 0 aromatic rings. The summed E-state index contributed by atoms with van der Waals surface area (Å²) in [4.78, 5) is 25.5. The molecule has 2 unspecified atom stereocenters. The second-order valence-corrected chi connectivity index (χ2v) is 5.69. The number of carbonyl (C=O) groups is 2. The molecule has 104 valence electrons. The molecule has 1 aliphatic rings. The smallest absolute Gasteiger partial charge is 0.243 e. The maximum Gasteiger partial charge on any atom is 0.243 e. The molecule has 0 saturated carbocycles. The van der Waals surface area contributed by atoms with E-state index in [-0.39, 0.29) is 23.9 Å². The number of rotatable bonds is 6. The minimum atomic E-state index is -0.304. The van der Waals surface area contributed by atoms with E-state index < -0.39 is 0 Å². The first-order valence-electron chi connectivity index (χ1n) is 6.46. The molecule has 2 amide bonds. The second kappa shape index (κ2) is 7.63. The first kappa shape index (κ1) is 15.3. The number of thioether (sulfide) groups is 1. The van der Waals surface area contributed by atoms with Crippen LogP contribution < -0.4 is 11.1 Å². The van der Waals surface area contributed by atoms with Gasteiger partial charge in [0.1, 0.15) is 6.04 Å². The summed E-state index contributed by atoms with van der Waals surface area (Å²) in [5, 5.41) is 2.86. The zero-order chi connectivity index (χ0) is 13.5. The number of nitrogens with zero attached hydrogens (tertiary/aromatic N) is 1. The van der Waals surface area contributed by atoms with Crippen molar-refractivity contribution in [1.29, 1.82) is 0 Å². The molecule has 0 bridgehead atoms. The molecule has 5 nitrogen and oxygen atoms in total. The molecule has 0 aromatic carbocycles. The van der Waals surface area contributed by atoms with Gasteiger partial charge in [0.25, 0.3) is 0 Å². The van der Waals surface area contributed by atoms with Crippen LogP contribution in [0.1, 0.15) is 33.1 Å². The lowest BCUT2D eigenvalue weighted by Gasteiger charge is -2.23. The SMILES string of the molecule is CCCC(=O)N1CSCC1C(=O)NCCC(C)N. The van der Waals surface area contributed by atoms with E-state index in [4.69, 9.17) is 5.73 Å². The molecule has 0 aromatic heterocycles. The minimum absolute atomic E-state index is 0.0508. The van der Waals surface area contributed by atoms with E-state index in [1.165, 1.54) is 0 Å². The van der Waals surface area contributed by atoms with Crippen molar-refractivity contribution in [3.63, 3.8) is 0 Å². The van der Waals surface area contributed by atoms with Crippen LogP contribution in [0.5, 0.6) is 0 Å². The molecule has 3 N–H and O–H groups in total. The zero-order valence-electron chi connectivity index (χ0n) is 11.1. The van der Waals surface area contributed by atoms with Crippen LogP contribution >= 0.6 is 11.8 Å². The van der Waals surface area contributed by atoms with Crippen LogP contribution in [0, 0.1) is 0 Å². The number of nitrogens with one attached hydrogen (secondary N) is 1. The third-order valence-electron chi connectivity index (χ3n) is 2.87.